The highest BCUT2D eigenvalue weighted by molar-refractivity contribution is 7.86. The Morgan fingerprint density at radius 1 is 1.12 bits per heavy atom. The Bertz CT molecular complexity index is 1140. The molecule has 5 rings (SSSR count). The summed E-state index contributed by atoms with van der Waals surface area (Å²) in [6.45, 7) is 2.35. The average molecular weight is 477 g/mol. The van der Waals surface area contributed by atoms with E-state index in [0.717, 1.165) is 54.0 Å². The SMILES string of the molecule is Cc1cc(N(C2CCOCC2)S(=O)(=O)[NH+]([O-])C(=O)Nc2c3c(cc4c2CCC4)CCC3)no1. The van der Waals surface area contributed by atoms with E-state index >= 15 is 0 Å². The van der Waals surface area contributed by atoms with Crippen LogP contribution in [0.1, 0.15) is 53.7 Å². The van der Waals surface area contributed by atoms with Gasteiger partial charge in [-0.05, 0) is 80.5 Å². The zero-order valence-electron chi connectivity index (χ0n) is 18.6. The van der Waals surface area contributed by atoms with Gasteiger partial charge in [0.1, 0.15) is 5.76 Å². The molecule has 1 aromatic carbocycles. The van der Waals surface area contributed by atoms with Gasteiger partial charge in [0.15, 0.2) is 5.82 Å². The van der Waals surface area contributed by atoms with Gasteiger partial charge < -0.3 is 14.5 Å². The second kappa shape index (κ2) is 8.71. The molecule has 1 saturated heterocycles. The molecule has 11 heteroatoms. The molecule has 3 aliphatic rings. The number of hydrogen-bond acceptors (Lipinski definition) is 7. The summed E-state index contributed by atoms with van der Waals surface area (Å²) in [4.78, 5) is 13.0. The maximum absolute atomic E-state index is 13.4. The van der Waals surface area contributed by atoms with Gasteiger partial charge in [0.05, 0.1) is 11.7 Å². The summed E-state index contributed by atoms with van der Waals surface area (Å²) in [5.74, 6) is 0.409. The van der Waals surface area contributed by atoms with E-state index in [-0.39, 0.29) is 5.82 Å². The molecule has 33 heavy (non-hydrogen) atoms. The maximum Gasteiger partial charge on any atom is 0.436 e. The minimum absolute atomic E-state index is 0.00189. The number of amides is 2. The lowest BCUT2D eigenvalue weighted by Gasteiger charge is -2.34. The number of carbonyl (C=O) groups excluding carboxylic acids is 1. The number of carbonyl (C=O) groups is 1. The first kappa shape index (κ1) is 22.3. The fraction of sp³-hybridized carbons (Fsp3) is 0.545. The van der Waals surface area contributed by atoms with Crippen molar-refractivity contribution < 1.29 is 26.9 Å². The van der Waals surface area contributed by atoms with Crippen LogP contribution in [0.25, 0.3) is 0 Å². The molecule has 2 N–H and O–H groups in total. The monoisotopic (exact) mass is 476 g/mol. The van der Waals surface area contributed by atoms with Gasteiger partial charge in [-0.1, -0.05) is 11.2 Å². The molecule has 0 saturated carbocycles. The van der Waals surface area contributed by atoms with Crippen LogP contribution in [-0.4, -0.2) is 38.9 Å². The van der Waals surface area contributed by atoms with Gasteiger partial charge in [-0.2, -0.15) is 12.9 Å². The number of rotatable bonds is 5. The molecular weight excluding hydrogens is 448 g/mol. The van der Waals surface area contributed by atoms with Gasteiger partial charge in [0, 0.05) is 19.3 Å². The van der Waals surface area contributed by atoms with Gasteiger partial charge in [-0.25, -0.2) is 9.10 Å². The molecule has 1 atom stereocenters. The summed E-state index contributed by atoms with van der Waals surface area (Å²) in [6, 6.07) is 1.98. The molecule has 1 aliphatic heterocycles. The van der Waals surface area contributed by atoms with Crippen molar-refractivity contribution in [1.82, 2.24) is 5.16 Å². The minimum Gasteiger partial charge on any atom is -0.608 e. The summed E-state index contributed by atoms with van der Waals surface area (Å²) in [5.41, 5.74) is 5.07. The van der Waals surface area contributed by atoms with E-state index in [1.165, 1.54) is 17.2 Å². The number of anilines is 2. The topological polar surface area (TPSA) is 129 Å². The van der Waals surface area contributed by atoms with Crippen molar-refractivity contribution in [1.29, 1.82) is 0 Å². The molecule has 0 radical (unpaired) electrons. The molecule has 2 aromatic rings. The predicted octanol–water partition coefficient (Wildman–Crippen LogP) is 1.81. The summed E-state index contributed by atoms with van der Waals surface area (Å²) in [5, 5.41) is 19.6. The van der Waals surface area contributed by atoms with Gasteiger partial charge in [-0.15, -0.1) is 0 Å². The first-order valence-electron chi connectivity index (χ1n) is 11.4. The highest BCUT2D eigenvalue weighted by atomic mass is 32.2. The molecule has 10 nitrogen and oxygen atoms in total. The van der Waals surface area contributed by atoms with Gasteiger partial charge in [-0.3, -0.25) is 5.32 Å². The Labute approximate surface area is 192 Å². The number of fused-ring (bicyclic) bond motifs is 2. The van der Waals surface area contributed by atoms with Crippen molar-refractivity contribution in [3.63, 3.8) is 0 Å². The molecular formula is C22H28N4O6S. The molecule has 0 spiro atoms. The first-order chi connectivity index (χ1) is 15.9. The van der Waals surface area contributed by atoms with Crippen molar-refractivity contribution >= 4 is 27.7 Å². The van der Waals surface area contributed by atoms with E-state index in [2.05, 4.69) is 16.5 Å². The number of quaternary nitrogens is 1. The van der Waals surface area contributed by atoms with Crippen LogP contribution in [0, 0.1) is 12.1 Å². The zero-order chi connectivity index (χ0) is 23.2. The molecule has 2 aliphatic carbocycles. The predicted molar refractivity (Wildman–Crippen MR) is 120 cm³/mol. The first-order valence-corrected chi connectivity index (χ1v) is 12.9. The fourth-order valence-corrected chi connectivity index (χ4v) is 6.62. The normalized spacial score (nSPS) is 19.2. The third kappa shape index (κ3) is 4.03. The fourth-order valence-electron chi connectivity index (χ4n) is 5.22. The van der Waals surface area contributed by atoms with Crippen LogP contribution in [0.3, 0.4) is 0 Å². The number of aromatic nitrogens is 1. The Kier molecular flexibility index (Phi) is 5.89. The average Bonchev–Trinajstić information content (AvgIpc) is 3.55. The molecule has 1 aromatic heterocycles. The number of aryl methyl sites for hydroxylation is 3. The van der Waals surface area contributed by atoms with Crippen LogP contribution in [0.2, 0.25) is 0 Å². The number of nitrogens with zero attached hydrogens (tertiary/aromatic N) is 2. The largest absolute Gasteiger partial charge is 0.608 e. The van der Waals surface area contributed by atoms with Crippen LogP contribution in [0.4, 0.5) is 16.3 Å². The summed E-state index contributed by atoms with van der Waals surface area (Å²) in [7, 11) is -4.68. The third-order valence-electron chi connectivity index (χ3n) is 6.75. The lowest BCUT2D eigenvalue weighted by atomic mass is 9.99. The summed E-state index contributed by atoms with van der Waals surface area (Å²) >= 11 is 0. The molecule has 2 heterocycles. The second-order valence-corrected chi connectivity index (χ2v) is 10.6. The highest BCUT2D eigenvalue weighted by Gasteiger charge is 2.41. The van der Waals surface area contributed by atoms with Crippen molar-refractivity contribution in [2.45, 2.75) is 64.3 Å². The molecule has 1 fully saturated rings. The van der Waals surface area contributed by atoms with E-state index in [9.17, 15) is 18.4 Å². The summed E-state index contributed by atoms with van der Waals surface area (Å²) in [6.07, 6.45) is 6.23. The second-order valence-electron chi connectivity index (χ2n) is 8.92. The van der Waals surface area contributed by atoms with E-state index in [0.29, 0.717) is 37.5 Å². The Hall–Kier alpha value is -2.47. The smallest absolute Gasteiger partial charge is 0.436 e. The van der Waals surface area contributed by atoms with Crippen LogP contribution in [0.15, 0.2) is 16.7 Å². The van der Waals surface area contributed by atoms with Crippen molar-refractivity contribution in [3.05, 3.63) is 45.4 Å². The molecule has 1 unspecified atom stereocenters. The summed E-state index contributed by atoms with van der Waals surface area (Å²) < 4.78 is 36.7. The van der Waals surface area contributed by atoms with Crippen LogP contribution >= 0.6 is 0 Å². The number of hydrogen-bond donors (Lipinski definition) is 2. The van der Waals surface area contributed by atoms with Crippen molar-refractivity contribution in [2.75, 3.05) is 22.8 Å². The lowest BCUT2D eigenvalue weighted by molar-refractivity contribution is -0.604. The molecule has 0 bridgehead atoms. The zero-order valence-corrected chi connectivity index (χ0v) is 19.4. The Morgan fingerprint density at radius 2 is 1.76 bits per heavy atom. The Balaban J connectivity index is 1.45. The van der Waals surface area contributed by atoms with E-state index in [4.69, 9.17) is 9.26 Å². The quantitative estimate of drug-likeness (QED) is 0.630. The number of urea groups is 1. The van der Waals surface area contributed by atoms with Crippen LogP contribution in [0.5, 0.6) is 0 Å². The van der Waals surface area contributed by atoms with Crippen LogP contribution in [-0.2, 0) is 40.6 Å². The number of hydroxylamine groups is 1. The number of ether oxygens (including phenoxy) is 1. The van der Waals surface area contributed by atoms with Crippen LogP contribution < -0.4 is 14.1 Å². The molecule has 2 amide bonds. The van der Waals surface area contributed by atoms with Gasteiger partial charge in [0.2, 0.25) is 0 Å². The lowest BCUT2D eigenvalue weighted by Crippen LogP contribution is -3.14. The number of nitrogens with one attached hydrogen (secondary N) is 2. The van der Waals surface area contributed by atoms with E-state index in [1.807, 2.05) is 0 Å². The van der Waals surface area contributed by atoms with Crippen molar-refractivity contribution in [2.24, 2.45) is 0 Å². The van der Waals surface area contributed by atoms with Crippen molar-refractivity contribution in [3.8, 4) is 0 Å². The Morgan fingerprint density at radius 3 is 2.33 bits per heavy atom. The molecule has 178 valence electrons. The number of benzene rings is 1. The maximum atomic E-state index is 13.4. The third-order valence-corrected chi connectivity index (χ3v) is 8.41. The highest BCUT2D eigenvalue weighted by Crippen LogP contribution is 2.38. The van der Waals surface area contributed by atoms with E-state index < -0.39 is 26.8 Å². The van der Waals surface area contributed by atoms with Gasteiger partial charge in [0.25, 0.3) is 0 Å². The standard InChI is InChI=1S/C22H28N4O6S/c1-14-12-20(24-32-14)25(17-8-10-31-11-9-17)33(29,30)26(28)22(27)23-21-18-6-2-4-15(18)13-16-5-3-7-19(16)21/h12-13,17,26H,2-11H2,1H3,(H,23,27). The minimum atomic E-state index is -4.68. The van der Waals surface area contributed by atoms with Gasteiger partial charge >= 0.3 is 16.2 Å². The van der Waals surface area contributed by atoms with E-state index in [1.54, 1.807) is 6.92 Å².